The highest BCUT2D eigenvalue weighted by molar-refractivity contribution is 7.15. The molecule has 2 aromatic heterocycles. The van der Waals surface area contributed by atoms with Crippen LogP contribution in [0.15, 0.2) is 36.5 Å². The molecule has 5 heteroatoms. The van der Waals surface area contributed by atoms with Gasteiger partial charge in [-0.25, -0.2) is 4.79 Å². The maximum Gasteiger partial charge on any atom is 0.322 e. The summed E-state index contributed by atoms with van der Waals surface area (Å²) in [5.74, 6) is 0.308. The topological polar surface area (TPSA) is 37.3 Å². The predicted octanol–water partition coefficient (Wildman–Crippen LogP) is 6.78. The first-order chi connectivity index (χ1) is 15.0. The van der Waals surface area contributed by atoms with Gasteiger partial charge in [-0.15, -0.1) is 11.3 Å². The molecular weight excluding hydrogens is 402 g/mol. The molecular formula is C26H31N3OS. The first-order valence-electron chi connectivity index (χ1n) is 11.4. The lowest BCUT2D eigenvalue weighted by molar-refractivity contribution is 0.161. The van der Waals surface area contributed by atoms with E-state index in [2.05, 4.69) is 66.9 Å². The molecule has 4 nitrogen and oxygen atoms in total. The van der Waals surface area contributed by atoms with Gasteiger partial charge in [0.2, 0.25) is 0 Å². The molecule has 3 heterocycles. The number of fused-ring (bicyclic) bond motifs is 5. The second kappa shape index (κ2) is 7.86. The number of urea groups is 1. The van der Waals surface area contributed by atoms with E-state index < -0.39 is 0 Å². The van der Waals surface area contributed by atoms with E-state index in [1.165, 1.54) is 51.5 Å². The summed E-state index contributed by atoms with van der Waals surface area (Å²) in [6, 6.07) is 10.4. The second-order valence-corrected chi connectivity index (χ2v) is 10.4. The Morgan fingerprint density at radius 3 is 2.71 bits per heavy atom. The summed E-state index contributed by atoms with van der Waals surface area (Å²) in [5.41, 5.74) is 7.29. The minimum absolute atomic E-state index is 0.0104. The van der Waals surface area contributed by atoms with Crippen molar-refractivity contribution in [3.8, 4) is 5.00 Å². The van der Waals surface area contributed by atoms with Crippen molar-refractivity contribution in [3.05, 3.63) is 69.4 Å². The van der Waals surface area contributed by atoms with Gasteiger partial charge in [-0.1, -0.05) is 26.0 Å². The normalized spacial score (nSPS) is 17.7. The maximum absolute atomic E-state index is 13.7. The van der Waals surface area contributed by atoms with Crippen LogP contribution in [-0.2, 0) is 19.4 Å². The zero-order valence-corrected chi connectivity index (χ0v) is 19.7. The van der Waals surface area contributed by atoms with Crippen molar-refractivity contribution < 1.29 is 4.79 Å². The van der Waals surface area contributed by atoms with Crippen LogP contribution in [0, 0.1) is 19.8 Å². The van der Waals surface area contributed by atoms with Crippen LogP contribution < -0.4 is 5.32 Å². The molecule has 0 fully saturated rings. The van der Waals surface area contributed by atoms with Crippen LogP contribution in [0.1, 0.15) is 65.6 Å². The predicted molar refractivity (Wildman–Crippen MR) is 128 cm³/mol. The highest BCUT2D eigenvalue weighted by Gasteiger charge is 2.36. The fourth-order valence-electron chi connectivity index (χ4n) is 5.20. The first kappa shape index (κ1) is 20.4. The lowest BCUT2D eigenvalue weighted by Gasteiger charge is -2.33. The Balaban J connectivity index is 1.60. The minimum Gasteiger partial charge on any atom is -0.311 e. The molecule has 5 rings (SSSR count). The number of benzene rings is 1. The zero-order valence-electron chi connectivity index (χ0n) is 18.9. The molecule has 0 bridgehead atoms. The summed E-state index contributed by atoms with van der Waals surface area (Å²) in [7, 11) is 0. The molecule has 0 saturated heterocycles. The van der Waals surface area contributed by atoms with Crippen LogP contribution in [0.2, 0.25) is 0 Å². The Bertz CT molecular complexity index is 1140. The van der Waals surface area contributed by atoms with Gasteiger partial charge in [0.25, 0.3) is 0 Å². The third-order valence-corrected chi connectivity index (χ3v) is 8.30. The van der Waals surface area contributed by atoms with Crippen LogP contribution in [0.5, 0.6) is 0 Å². The number of rotatable bonds is 2. The van der Waals surface area contributed by atoms with Crippen molar-refractivity contribution in [2.45, 2.75) is 66.0 Å². The SMILES string of the molecule is Cc1cccc(NC(=O)N2Cc3c(sc4c3CCCC4)-n3cccc3C2C(C)C)c1C. The lowest BCUT2D eigenvalue weighted by atomic mass is 9.94. The van der Waals surface area contributed by atoms with Gasteiger partial charge in [-0.3, -0.25) is 0 Å². The zero-order chi connectivity index (χ0) is 21.7. The Morgan fingerprint density at radius 1 is 1.10 bits per heavy atom. The van der Waals surface area contributed by atoms with E-state index in [0.717, 1.165) is 17.7 Å². The van der Waals surface area contributed by atoms with E-state index in [0.29, 0.717) is 12.5 Å². The Hall–Kier alpha value is -2.53. The molecule has 1 unspecified atom stereocenters. The van der Waals surface area contributed by atoms with Crippen molar-refractivity contribution in [3.63, 3.8) is 0 Å². The second-order valence-electron chi connectivity index (χ2n) is 9.29. The third kappa shape index (κ3) is 3.39. The molecule has 3 aromatic rings. The Labute approximate surface area is 188 Å². The first-order valence-corrected chi connectivity index (χ1v) is 12.2. The standard InChI is InChI=1S/C26H31N3OS/c1-16(2)24-22-12-8-14-28(22)25-20(19-10-5-6-13-23(19)31-25)15-29(24)26(30)27-21-11-7-9-17(3)18(21)4/h7-9,11-12,14,16,24H,5-6,10,13,15H2,1-4H3,(H,27,30). The number of hydrogen-bond donors (Lipinski definition) is 1. The van der Waals surface area contributed by atoms with Crippen LogP contribution >= 0.6 is 11.3 Å². The van der Waals surface area contributed by atoms with Crippen LogP contribution in [0.25, 0.3) is 5.00 Å². The smallest absolute Gasteiger partial charge is 0.311 e. The van der Waals surface area contributed by atoms with Gasteiger partial charge in [0.05, 0.1) is 12.6 Å². The number of amides is 2. The van der Waals surface area contributed by atoms with Crippen molar-refractivity contribution >= 4 is 23.1 Å². The highest BCUT2D eigenvalue weighted by Crippen LogP contribution is 2.44. The molecule has 1 N–H and O–H groups in total. The summed E-state index contributed by atoms with van der Waals surface area (Å²) < 4.78 is 2.36. The van der Waals surface area contributed by atoms with Crippen molar-refractivity contribution in [1.29, 1.82) is 0 Å². The molecule has 31 heavy (non-hydrogen) atoms. The molecule has 1 atom stereocenters. The minimum atomic E-state index is -0.0104. The lowest BCUT2D eigenvalue weighted by Crippen LogP contribution is -2.39. The largest absolute Gasteiger partial charge is 0.322 e. The van der Waals surface area contributed by atoms with Crippen LogP contribution in [0.4, 0.5) is 10.5 Å². The number of hydrogen-bond acceptors (Lipinski definition) is 2. The van der Waals surface area contributed by atoms with E-state index in [9.17, 15) is 4.79 Å². The number of nitrogens with one attached hydrogen (secondary N) is 1. The molecule has 0 radical (unpaired) electrons. The van der Waals surface area contributed by atoms with Gasteiger partial charge in [0.1, 0.15) is 5.00 Å². The summed E-state index contributed by atoms with van der Waals surface area (Å²) in [6.45, 7) is 9.27. The molecule has 1 aliphatic heterocycles. The van der Waals surface area contributed by atoms with E-state index in [4.69, 9.17) is 0 Å². The third-order valence-electron chi connectivity index (χ3n) is 6.96. The van der Waals surface area contributed by atoms with E-state index in [1.54, 1.807) is 0 Å². The van der Waals surface area contributed by atoms with Gasteiger partial charge in [0.15, 0.2) is 0 Å². The molecule has 0 spiro atoms. The number of nitrogens with zero attached hydrogens (tertiary/aromatic N) is 2. The van der Waals surface area contributed by atoms with Crippen molar-refractivity contribution in [2.24, 2.45) is 5.92 Å². The van der Waals surface area contributed by atoms with Gasteiger partial charge in [-0.05, 0) is 80.3 Å². The van der Waals surface area contributed by atoms with E-state index >= 15 is 0 Å². The Kier molecular flexibility index (Phi) is 5.17. The molecule has 0 saturated carbocycles. The average Bonchev–Trinajstić information content (AvgIpc) is 3.32. The van der Waals surface area contributed by atoms with Crippen LogP contribution in [0.3, 0.4) is 0 Å². The summed E-state index contributed by atoms with van der Waals surface area (Å²) >= 11 is 1.94. The quantitative estimate of drug-likeness (QED) is 0.475. The van der Waals surface area contributed by atoms with E-state index in [1.807, 2.05) is 23.5 Å². The molecule has 2 aliphatic rings. The summed E-state index contributed by atoms with van der Waals surface area (Å²) in [5, 5.41) is 4.56. The van der Waals surface area contributed by atoms with Crippen LogP contribution in [-0.4, -0.2) is 15.5 Å². The van der Waals surface area contributed by atoms with Gasteiger partial charge in [0, 0.05) is 28.0 Å². The van der Waals surface area contributed by atoms with Gasteiger partial charge in [-0.2, -0.15) is 0 Å². The molecule has 2 amide bonds. The summed E-state index contributed by atoms with van der Waals surface area (Å²) in [4.78, 5) is 17.3. The molecule has 1 aliphatic carbocycles. The molecule has 1 aromatic carbocycles. The van der Waals surface area contributed by atoms with E-state index in [-0.39, 0.29) is 12.1 Å². The van der Waals surface area contributed by atoms with Crippen molar-refractivity contribution in [1.82, 2.24) is 9.47 Å². The number of carbonyl (C=O) groups is 1. The highest BCUT2D eigenvalue weighted by atomic mass is 32.1. The monoisotopic (exact) mass is 433 g/mol. The number of thiophene rings is 1. The summed E-state index contributed by atoms with van der Waals surface area (Å²) in [6.07, 6.45) is 7.01. The Morgan fingerprint density at radius 2 is 1.90 bits per heavy atom. The number of anilines is 1. The fourth-order valence-corrected chi connectivity index (χ4v) is 6.60. The van der Waals surface area contributed by atoms with Crippen molar-refractivity contribution in [2.75, 3.05) is 5.32 Å². The number of carbonyl (C=O) groups excluding carboxylic acids is 1. The maximum atomic E-state index is 13.7. The number of aryl methyl sites for hydroxylation is 2. The van der Waals surface area contributed by atoms with Gasteiger partial charge < -0.3 is 14.8 Å². The average molecular weight is 434 g/mol. The van der Waals surface area contributed by atoms with Gasteiger partial charge >= 0.3 is 6.03 Å². The fraction of sp³-hybridized carbons (Fsp3) is 0.423. The molecule has 162 valence electrons. The number of aromatic nitrogens is 1.